The minimum absolute atomic E-state index is 0.177. The second-order valence-corrected chi connectivity index (χ2v) is 3.40. The summed E-state index contributed by atoms with van der Waals surface area (Å²) in [5, 5.41) is 5.88. The number of halogens is 1. The Kier molecular flexibility index (Phi) is 6.44. The summed E-state index contributed by atoms with van der Waals surface area (Å²) in [6, 6.07) is -0.737. The van der Waals surface area contributed by atoms with Crippen LogP contribution in [0.25, 0.3) is 0 Å². The van der Waals surface area contributed by atoms with Crippen LogP contribution in [-0.2, 0) is 9.59 Å². The summed E-state index contributed by atoms with van der Waals surface area (Å²) in [4.78, 5) is 32.8. The van der Waals surface area contributed by atoms with Gasteiger partial charge in [0.1, 0.15) is 5.38 Å². The maximum atomic E-state index is 11.0. The number of carbonyl (C=O) groups excluding carboxylic acids is 3. The molecule has 1 atom stereocenters. The molecule has 0 spiro atoms. The van der Waals surface area contributed by atoms with Crippen molar-refractivity contribution in [1.82, 2.24) is 16.0 Å². The van der Waals surface area contributed by atoms with Crippen LogP contribution in [0.1, 0.15) is 13.8 Å². The zero-order chi connectivity index (χ0) is 11.8. The average Bonchev–Trinajstić information content (AvgIpc) is 2.15. The predicted molar refractivity (Wildman–Crippen MR) is 55.5 cm³/mol. The first kappa shape index (κ1) is 13.7. The van der Waals surface area contributed by atoms with Crippen molar-refractivity contribution in [3.05, 3.63) is 0 Å². The molecule has 0 aromatic carbocycles. The van der Waals surface area contributed by atoms with Crippen molar-refractivity contribution in [2.75, 3.05) is 13.1 Å². The fraction of sp³-hybridized carbons (Fsp3) is 0.625. The Morgan fingerprint density at radius 1 is 1.27 bits per heavy atom. The van der Waals surface area contributed by atoms with E-state index >= 15 is 0 Å². The topological polar surface area (TPSA) is 87.3 Å². The van der Waals surface area contributed by atoms with Crippen molar-refractivity contribution < 1.29 is 14.4 Å². The first-order chi connectivity index (χ1) is 6.97. The minimum Gasteiger partial charge on any atom is -0.355 e. The highest BCUT2D eigenvalue weighted by Crippen LogP contribution is 1.91. The lowest BCUT2D eigenvalue weighted by Gasteiger charge is -2.07. The number of hydrogen-bond donors (Lipinski definition) is 3. The fourth-order valence-corrected chi connectivity index (χ4v) is 0.730. The largest absolute Gasteiger partial charge is 0.355 e. The number of urea groups is 1. The molecule has 86 valence electrons. The van der Waals surface area contributed by atoms with E-state index in [-0.39, 0.29) is 12.5 Å². The molecule has 0 aliphatic carbocycles. The van der Waals surface area contributed by atoms with E-state index in [4.69, 9.17) is 11.6 Å². The summed E-state index contributed by atoms with van der Waals surface area (Å²) < 4.78 is 0. The molecule has 3 N–H and O–H groups in total. The van der Waals surface area contributed by atoms with Gasteiger partial charge in [0.05, 0.1) is 6.54 Å². The Hall–Kier alpha value is -1.30. The van der Waals surface area contributed by atoms with Crippen molar-refractivity contribution in [1.29, 1.82) is 0 Å². The Balaban J connectivity index is 3.76. The van der Waals surface area contributed by atoms with Crippen molar-refractivity contribution >= 4 is 29.4 Å². The predicted octanol–water partition coefficient (Wildman–Crippen LogP) is -0.424. The highest BCUT2D eigenvalue weighted by Gasteiger charge is 2.12. The van der Waals surface area contributed by atoms with E-state index < -0.39 is 17.3 Å². The maximum absolute atomic E-state index is 11.0. The number of imide groups is 1. The van der Waals surface area contributed by atoms with Crippen molar-refractivity contribution in [3.8, 4) is 0 Å². The van der Waals surface area contributed by atoms with Crippen LogP contribution in [0.2, 0.25) is 0 Å². The van der Waals surface area contributed by atoms with Gasteiger partial charge in [0.15, 0.2) is 0 Å². The number of carbonyl (C=O) groups is 3. The summed E-state index contributed by atoms with van der Waals surface area (Å²) in [5.74, 6) is -0.927. The van der Waals surface area contributed by atoms with Gasteiger partial charge in [-0.15, -0.1) is 11.6 Å². The van der Waals surface area contributed by atoms with E-state index in [0.29, 0.717) is 6.54 Å². The Morgan fingerprint density at radius 2 is 1.87 bits per heavy atom. The van der Waals surface area contributed by atoms with E-state index in [1.807, 2.05) is 5.32 Å². The number of likely N-dealkylation sites (N-methyl/N-ethyl adjacent to an activating group) is 1. The lowest BCUT2D eigenvalue weighted by atomic mass is 10.4. The molecule has 0 aromatic heterocycles. The van der Waals surface area contributed by atoms with Gasteiger partial charge < -0.3 is 10.6 Å². The molecule has 0 rings (SSSR count). The van der Waals surface area contributed by atoms with Gasteiger partial charge in [-0.1, -0.05) is 0 Å². The van der Waals surface area contributed by atoms with Crippen LogP contribution in [-0.4, -0.2) is 36.3 Å². The van der Waals surface area contributed by atoms with Crippen LogP contribution in [0.3, 0.4) is 0 Å². The molecule has 0 fully saturated rings. The van der Waals surface area contributed by atoms with E-state index in [1.54, 1.807) is 6.92 Å². The first-order valence-corrected chi connectivity index (χ1v) is 4.90. The number of amides is 4. The number of alkyl halides is 1. The van der Waals surface area contributed by atoms with Gasteiger partial charge in [-0.3, -0.25) is 14.9 Å². The Bertz CT molecular complexity index is 256. The van der Waals surface area contributed by atoms with E-state index in [1.165, 1.54) is 6.92 Å². The summed E-state index contributed by atoms with van der Waals surface area (Å²) in [7, 11) is 0. The van der Waals surface area contributed by atoms with Crippen LogP contribution in [0.15, 0.2) is 0 Å². The number of rotatable bonds is 4. The van der Waals surface area contributed by atoms with Gasteiger partial charge in [-0.2, -0.15) is 0 Å². The molecule has 0 radical (unpaired) electrons. The maximum Gasteiger partial charge on any atom is 0.321 e. The summed E-state index contributed by atoms with van der Waals surface area (Å²) in [6.07, 6.45) is 0. The third-order valence-electron chi connectivity index (χ3n) is 1.38. The summed E-state index contributed by atoms with van der Waals surface area (Å²) in [5.41, 5.74) is 0. The summed E-state index contributed by atoms with van der Waals surface area (Å²) in [6.45, 7) is 3.51. The second kappa shape index (κ2) is 7.05. The molecule has 0 heterocycles. The zero-order valence-electron chi connectivity index (χ0n) is 8.59. The quantitative estimate of drug-likeness (QED) is 0.578. The third-order valence-corrected chi connectivity index (χ3v) is 1.58. The Labute approximate surface area is 92.7 Å². The van der Waals surface area contributed by atoms with E-state index in [2.05, 4.69) is 10.6 Å². The smallest absolute Gasteiger partial charge is 0.321 e. The van der Waals surface area contributed by atoms with Gasteiger partial charge in [0.2, 0.25) is 11.8 Å². The molecule has 0 bridgehead atoms. The SMILES string of the molecule is CCNC(=O)CNC(=O)NC(=O)C(C)Cl. The molecule has 6 nitrogen and oxygen atoms in total. The number of nitrogens with one attached hydrogen (secondary N) is 3. The van der Waals surface area contributed by atoms with Crippen LogP contribution in [0.4, 0.5) is 4.79 Å². The monoisotopic (exact) mass is 235 g/mol. The van der Waals surface area contributed by atoms with Gasteiger partial charge in [-0.25, -0.2) is 4.79 Å². The zero-order valence-corrected chi connectivity index (χ0v) is 9.35. The molecule has 0 aliphatic heterocycles. The average molecular weight is 236 g/mol. The molecule has 1 unspecified atom stereocenters. The lowest BCUT2D eigenvalue weighted by molar-refractivity contribution is -0.121. The minimum atomic E-state index is -0.791. The van der Waals surface area contributed by atoms with Crippen LogP contribution < -0.4 is 16.0 Å². The molecule has 0 aromatic rings. The van der Waals surface area contributed by atoms with Crippen LogP contribution in [0, 0.1) is 0 Å². The molecular weight excluding hydrogens is 222 g/mol. The first-order valence-electron chi connectivity index (χ1n) is 4.46. The molecule has 0 saturated heterocycles. The van der Waals surface area contributed by atoms with E-state index in [9.17, 15) is 14.4 Å². The van der Waals surface area contributed by atoms with E-state index in [0.717, 1.165) is 0 Å². The molecule has 0 saturated carbocycles. The highest BCUT2D eigenvalue weighted by atomic mass is 35.5. The van der Waals surface area contributed by atoms with Crippen molar-refractivity contribution in [2.45, 2.75) is 19.2 Å². The molecular formula is C8H14ClN3O3. The molecule has 0 aliphatic rings. The van der Waals surface area contributed by atoms with Gasteiger partial charge >= 0.3 is 6.03 Å². The molecule has 15 heavy (non-hydrogen) atoms. The lowest BCUT2D eigenvalue weighted by Crippen LogP contribution is -2.45. The van der Waals surface area contributed by atoms with Gasteiger partial charge in [0, 0.05) is 6.54 Å². The standard InChI is InChI=1S/C8H14ClN3O3/c1-3-10-6(13)4-11-8(15)12-7(14)5(2)9/h5H,3-4H2,1-2H3,(H,10,13)(H2,11,12,14,15). The van der Waals surface area contributed by atoms with Gasteiger partial charge in [0.25, 0.3) is 0 Å². The number of hydrogen-bond acceptors (Lipinski definition) is 3. The third kappa shape index (κ3) is 6.73. The highest BCUT2D eigenvalue weighted by molar-refractivity contribution is 6.31. The normalized spacial score (nSPS) is 11.4. The second-order valence-electron chi connectivity index (χ2n) is 2.74. The molecule has 4 amide bonds. The van der Waals surface area contributed by atoms with Crippen LogP contribution >= 0.6 is 11.6 Å². The Morgan fingerprint density at radius 3 is 2.33 bits per heavy atom. The summed E-state index contributed by atoms with van der Waals surface area (Å²) >= 11 is 5.41. The molecule has 7 heteroatoms. The fourth-order valence-electron chi connectivity index (χ4n) is 0.676. The van der Waals surface area contributed by atoms with Gasteiger partial charge in [-0.05, 0) is 13.8 Å². The van der Waals surface area contributed by atoms with Crippen molar-refractivity contribution in [2.24, 2.45) is 0 Å². The van der Waals surface area contributed by atoms with Crippen LogP contribution in [0.5, 0.6) is 0 Å². The van der Waals surface area contributed by atoms with Crippen molar-refractivity contribution in [3.63, 3.8) is 0 Å².